The summed E-state index contributed by atoms with van der Waals surface area (Å²) in [6, 6.07) is 62.5. The third-order valence-electron chi connectivity index (χ3n) is 11.7. The van der Waals surface area contributed by atoms with Crippen molar-refractivity contribution >= 4 is 93.2 Å². The molecule has 0 N–H and O–H groups in total. The van der Waals surface area contributed by atoms with Gasteiger partial charge in [0.05, 0.1) is 11.4 Å². The highest BCUT2D eigenvalue weighted by molar-refractivity contribution is 6.27. The minimum atomic E-state index is 0.741. The van der Waals surface area contributed by atoms with Crippen LogP contribution in [-0.2, 0) is 0 Å². The van der Waals surface area contributed by atoms with Crippen molar-refractivity contribution in [2.24, 2.45) is 4.99 Å². The van der Waals surface area contributed by atoms with Gasteiger partial charge in [-0.2, -0.15) is 0 Å². The Kier molecular flexibility index (Phi) is 6.99. The molecule has 0 saturated heterocycles. The van der Waals surface area contributed by atoms with E-state index in [1.165, 1.54) is 38.1 Å². The van der Waals surface area contributed by atoms with E-state index in [0.717, 1.165) is 89.3 Å². The Morgan fingerprint density at radius 3 is 1.82 bits per heavy atom. The maximum absolute atomic E-state index is 6.91. The number of allylic oxidation sites excluding steroid dienone is 3. The van der Waals surface area contributed by atoms with Gasteiger partial charge in [-0.05, 0) is 104 Å². The smallest absolute Gasteiger partial charge is 0.143 e. The van der Waals surface area contributed by atoms with Crippen LogP contribution in [0.3, 0.4) is 0 Å². The number of rotatable bonds is 4. The van der Waals surface area contributed by atoms with Crippen LogP contribution < -0.4 is 0 Å². The molecule has 0 saturated carbocycles. The number of aliphatic imine (C=N–C) groups is 1. The molecule has 0 aliphatic carbocycles. The minimum Gasteiger partial charge on any atom is -0.456 e. The van der Waals surface area contributed by atoms with Crippen LogP contribution in [0.25, 0.3) is 98.6 Å². The van der Waals surface area contributed by atoms with Crippen LogP contribution in [0.4, 0.5) is 0 Å². The molecule has 0 spiro atoms. The highest BCUT2D eigenvalue weighted by Gasteiger charge is 2.23. The fraction of sp³-hybridized carbons (Fsp3) is 0.0185. The molecule has 12 rings (SSSR count). The zero-order chi connectivity index (χ0) is 37.5. The highest BCUT2D eigenvalue weighted by Crippen LogP contribution is 2.44. The monoisotopic (exact) mass is 727 g/mol. The van der Waals surface area contributed by atoms with E-state index < -0.39 is 0 Å². The topological polar surface area (TPSA) is 38.6 Å². The number of benzene rings is 9. The molecule has 3 heteroatoms. The summed E-state index contributed by atoms with van der Waals surface area (Å²) in [5, 5.41) is 11.5. The lowest BCUT2D eigenvalue weighted by Crippen LogP contribution is -2.00. The lowest BCUT2D eigenvalue weighted by Gasteiger charge is -2.11. The predicted molar refractivity (Wildman–Crippen MR) is 239 cm³/mol. The van der Waals surface area contributed by atoms with E-state index >= 15 is 0 Å². The molecular formula is C54H33NO2. The summed E-state index contributed by atoms with van der Waals surface area (Å²) in [4.78, 5) is 5.56. The van der Waals surface area contributed by atoms with Crippen molar-refractivity contribution in [2.75, 3.05) is 0 Å². The normalized spacial score (nSPS) is 13.5. The molecule has 3 nitrogen and oxygen atoms in total. The van der Waals surface area contributed by atoms with E-state index in [2.05, 4.69) is 182 Å². The second-order valence-corrected chi connectivity index (χ2v) is 15.0. The van der Waals surface area contributed by atoms with Crippen molar-refractivity contribution in [3.05, 3.63) is 205 Å². The molecule has 57 heavy (non-hydrogen) atoms. The number of fused-ring (bicyclic) bond motifs is 9. The summed E-state index contributed by atoms with van der Waals surface area (Å²) in [5.74, 6) is 0. The van der Waals surface area contributed by atoms with Crippen molar-refractivity contribution < 1.29 is 8.83 Å². The Morgan fingerprint density at radius 1 is 0.404 bits per heavy atom. The minimum absolute atomic E-state index is 0.741. The first kappa shape index (κ1) is 31.8. The first-order valence-electron chi connectivity index (χ1n) is 19.5. The van der Waals surface area contributed by atoms with E-state index in [1.807, 2.05) is 6.07 Å². The average Bonchev–Trinajstić information content (AvgIpc) is 3.75. The van der Waals surface area contributed by atoms with Crippen LogP contribution in [0, 0.1) is 0 Å². The SMILES string of the molecule is C1=C(c2ccc3ccccc3c2)CC=C(c2ccc3ccccc3c2)N=C1c1ccc(-c2cccc3oc4cc5ccccc5cc4c23)c2oc3ccccc3c12. The number of hydrogen-bond donors (Lipinski definition) is 0. The van der Waals surface area contributed by atoms with Gasteiger partial charge in [0.2, 0.25) is 0 Å². The third-order valence-corrected chi connectivity index (χ3v) is 11.7. The summed E-state index contributed by atoms with van der Waals surface area (Å²) in [7, 11) is 0. The summed E-state index contributed by atoms with van der Waals surface area (Å²) < 4.78 is 13.4. The van der Waals surface area contributed by atoms with Crippen molar-refractivity contribution in [3.8, 4) is 11.1 Å². The van der Waals surface area contributed by atoms with Crippen LogP contribution in [0.15, 0.2) is 202 Å². The van der Waals surface area contributed by atoms with E-state index in [0.29, 0.717) is 0 Å². The molecule has 9 aromatic carbocycles. The van der Waals surface area contributed by atoms with Gasteiger partial charge in [-0.25, -0.2) is 4.99 Å². The molecule has 0 unspecified atom stereocenters. The highest BCUT2D eigenvalue weighted by atomic mass is 16.3. The van der Waals surface area contributed by atoms with Crippen LogP contribution in [0.5, 0.6) is 0 Å². The summed E-state index contributed by atoms with van der Waals surface area (Å²) in [6.07, 6.45) is 5.32. The van der Waals surface area contributed by atoms with Crippen LogP contribution in [0.1, 0.15) is 23.1 Å². The second-order valence-electron chi connectivity index (χ2n) is 15.0. The summed E-state index contributed by atoms with van der Waals surface area (Å²) >= 11 is 0. The molecule has 266 valence electrons. The molecule has 1 aliphatic rings. The predicted octanol–water partition coefficient (Wildman–Crippen LogP) is 14.9. The van der Waals surface area contributed by atoms with Crippen LogP contribution >= 0.6 is 0 Å². The lowest BCUT2D eigenvalue weighted by molar-refractivity contribution is 0.669. The average molecular weight is 728 g/mol. The van der Waals surface area contributed by atoms with Gasteiger partial charge in [-0.1, -0.05) is 140 Å². The Labute approximate surface area is 328 Å². The van der Waals surface area contributed by atoms with E-state index in [1.54, 1.807) is 0 Å². The molecule has 0 atom stereocenters. The molecule has 1 aliphatic heterocycles. The van der Waals surface area contributed by atoms with Gasteiger partial charge in [0.25, 0.3) is 0 Å². The van der Waals surface area contributed by atoms with Crippen molar-refractivity contribution in [2.45, 2.75) is 6.42 Å². The molecule has 0 bridgehead atoms. The number of nitrogens with zero attached hydrogens (tertiary/aromatic N) is 1. The Bertz CT molecular complexity index is 3550. The van der Waals surface area contributed by atoms with Crippen LogP contribution in [0.2, 0.25) is 0 Å². The van der Waals surface area contributed by atoms with Crippen molar-refractivity contribution in [1.82, 2.24) is 0 Å². The maximum atomic E-state index is 6.91. The van der Waals surface area contributed by atoms with Crippen molar-refractivity contribution in [1.29, 1.82) is 0 Å². The zero-order valence-corrected chi connectivity index (χ0v) is 30.9. The Hall–Kier alpha value is -7.49. The van der Waals surface area contributed by atoms with E-state index in [4.69, 9.17) is 13.8 Å². The molecule has 11 aromatic rings. The van der Waals surface area contributed by atoms with Gasteiger partial charge < -0.3 is 8.83 Å². The number of para-hydroxylation sites is 1. The van der Waals surface area contributed by atoms with E-state index in [-0.39, 0.29) is 0 Å². The van der Waals surface area contributed by atoms with Gasteiger partial charge in [0.15, 0.2) is 0 Å². The molecular weight excluding hydrogens is 695 g/mol. The summed E-state index contributed by atoms with van der Waals surface area (Å²) in [5.41, 5.74) is 11.9. The van der Waals surface area contributed by atoms with Gasteiger partial charge in [0, 0.05) is 38.2 Å². The number of hydrogen-bond acceptors (Lipinski definition) is 3. The first-order valence-corrected chi connectivity index (χ1v) is 19.5. The molecule has 0 amide bonds. The zero-order valence-electron chi connectivity index (χ0n) is 30.9. The van der Waals surface area contributed by atoms with Crippen molar-refractivity contribution in [3.63, 3.8) is 0 Å². The van der Waals surface area contributed by atoms with E-state index in [9.17, 15) is 0 Å². The fourth-order valence-electron chi connectivity index (χ4n) is 8.89. The van der Waals surface area contributed by atoms with Gasteiger partial charge >= 0.3 is 0 Å². The fourth-order valence-corrected chi connectivity index (χ4v) is 8.89. The standard InChI is InChI=1S/C54H33NO2/c1-3-12-35-28-39(22-20-33(35)10-1)40-24-27-47(41-23-21-34-11-2-4-13-36(34)29-41)55-48(31-40)44-26-25-43(54-53(44)45-16-7-8-18-49(45)57-54)42-17-9-19-50-52(42)46-30-37-14-5-6-15-38(37)32-51(46)56-50/h1-23,25-32H,24H2. The molecule has 2 aromatic heterocycles. The maximum Gasteiger partial charge on any atom is 0.143 e. The third kappa shape index (κ3) is 5.17. The second kappa shape index (κ2) is 12.5. The quantitative estimate of drug-likeness (QED) is 0.181. The largest absolute Gasteiger partial charge is 0.456 e. The molecule has 3 heterocycles. The van der Waals surface area contributed by atoms with Gasteiger partial charge in [0.1, 0.15) is 22.3 Å². The first-order chi connectivity index (χ1) is 28.2. The molecule has 0 radical (unpaired) electrons. The Morgan fingerprint density at radius 2 is 1.04 bits per heavy atom. The molecule has 0 fully saturated rings. The lowest BCUT2D eigenvalue weighted by atomic mass is 9.92. The summed E-state index contributed by atoms with van der Waals surface area (Å²) in [6.45, 7) is 0. The van der Waals surface area contributed by atoms with Gasteiger partial charge in [-0.3, -0.25) is 0 Å². The Balaban J connectivity index is 1.11. The van der Waals surface area contributed by atoms with Gasteiger partial charge in [-0.15, -0.1) is 0 Å². The number of furan rings is 2. The van der Waals surface area contributed by atoms with Crippen LogP contribution in [-0.4, -0.2) is 5.71 Å².